The monoisotopic (exact) mass is 460 g/mol. The Balaban J connectivity index is 1.49. The molecule has 0 atom stereocenters. The van der Waals surface area contributed by atoms with Gasteiger partial charge in [0.2, 0.25) is 0 Å². The van der Waals surface area contributed by atoms with E-state index in [9.17, 15) is 0 Å². The van der Waals surface area contributed by atoms with Crippen LogP contribution in [0.15, 0.2) is 121 Å². The normalized spacial score (nSPS) is 12.0. The molecule has 1 heteroatoms. The van der Waals surface area contributed by atoms with E-state index < -0.39 is 0 Å². The van der Waals surface area contributed by atoms with Gasteiger partial charge in [0, 0.05) is 25.7 Å². The van der Waals surface area contributed by atoms with E-state index in [0.717, 1.165) is 0 Å². The Bertz CT molecular complexity index is 2040. The zero-order chi connectivity index (χ0) is 22.9. The molecule has 0 nitrogen and oxygen atoms in total. The second-order valence-electron chi connectivity index (χ2n) is 9.30. The van der Waals surface area contributed by atoms with Gasteiger partial charge in [-0.05, 0) is 55.1 Å². The highest BCUT2D eigenvalue weighted by Crippen LogP contribution is 2.45. The van der Waals surface area contributed by atoms with Gasteiger partial charge in [-0.1, -0.05) is 115 Å². The fourth-order valence-corrected chi connectivity index (χ4v) is 7.09. The summed E-state index contributed by atoms with van der Waals surface area (Å²) in [4.78, 5) is 0. The maximum Gasteiger partial charge on any atom is 0.0434 e. The summed E-state index contributed by atoms with van der Waals surface area (Å²) >= 11 is 1.90. The highest BCUT2D eigenvalue weighted by molar-refractivity contribution is 7.26. The first kappa shape index (κ1) is 19.1. The number of hydrogen-bond acceptors (Lipinski definition) is 1. The number of rotatable bonds is 2. The van der Waals surface area contributed by atoms with Gasteiger partial charge in [-0.15, -0.1) is 11.3 Å². The molecule has 1 aromatic heterocycles. The largest absolute Gasteiger partial charge is 0.135 e. The van der Waals surface area contributed by atoms with Crippen molar-refractivity contribution in [2.45, 2.75) is 0 Å². The highest BCUT2D eigenvalue weighted by Gasteiger charge is 2.17. The zero-order valence-electron chi connectivity index (χ0n) is 19.0. The molecule has 0 aliphatic carbocycles. The summed E-state index contributed by atoms with van der Waals surface area (Å²) in [6.45, 7) is 0. The van der Waals surface area contributed by atoms with E-state index in [1.165, 1.54) is 74.7 Å². The van der Waals surface area contributed by atoms with Crippen LogP contribution >= 0.6 is 11.3 Å². The van der Waals surface area contributed by atoms with Crippen LogP contribution in [0.1, 0.15) is 0 Å². The average Bonchev–Trinajstić information content (AvgIpc) is 3.31. The summed E-state index contributed by atoms with van der Waals surface area (Å²) < 4.78 is 2.72. The molecule has 0 saturated carbocycles. The predicted molar refractivity (Wildman–Crippen MR) is 154 cm³/mol. The first-order valence-corrected chi connectivity index (χ1v) is 12.8. The summed E-state index contributed by atoms with van der Waals surface area (Å²) in [5.41, 5.74) is 5.20. The van der Waals surface area contributed by atoms with Gasteiger partial charge >= 0.3 is 0 Å². The SMILES string of the molecule is c1ccc(-c2ccc3ccc4c(-c5cccc6c5sc5ccccc56)ccc5ccc2c3c54)cc1. The molecule has 1 heterocycles. The molecule has 0 radical (unpaired) electrons. The Morgan fingerprint density at radius 1 is 0.371 bits per heavy atom. The molecule has 8 aromatic rings. The lowest BCUT2D eigenvalue weighted by atomic mass is 9.87. The van der Waals surface area contributed by atoms with Gasteiger partial charge in [-0.3, -0.25) is 0 Å². The quantitative estimate of drug-likeness (QED) is 0.225. The van der Waals surface area contributed by atoms with Crippen molar-refractivity contribution < 1.29 is 0 Å². The fourth-order valence-electron chi connectivity index (χ4n) is 5.86. The summed E-state index contributed by atoms with van der Waals surface area (Å²) in [5.74, 6) is 0. The Morgan fingerprint density at radius 3 is 1.80 bits per heavy atom. The first-order chi connectivity index (χ1) is 17.4. The van der Waals surface area contributed by atoms with Crippen molar-refractivity contribution in [3.63, 3.8) is 0 Å². The maximum atomic E-state index is 2.33. The van der Waals surface area contributed by atoms with Crippen molar-refractivity contribution in [2.75, 3.05) is 0 Å². The minimum atomic E-state index is 1.26. The van der Waals surface area contributed by atoms with E-state index in [4.69, 9.17) is 0 Å². The molecule has 162 valence electrons. The van der Waals surface area contributed by atoms with E-state index in [2.05, 4.69) is 121 Å². The molecule has 7 aromatic carbocycles. The lowest BCUT2D eigenvalue weighted by molar-refractivity contribution is 1.66. The Labute approximate surface area is 207 Å². The van der Waals surface area contributed by atoms with Crippen LogP contribution in [-0.2, 0) is 0 Å². The van der Waals surface area contributed by atoms with Gasteiger partial charge < -0.3 is 0 Å². The molecule has 0 aliphatic rings. The van der Waals surface area contributed by atoms with Gasteiger partial charge in [0.15, 0.2) is 0 Å². The molecule has 8 rings (SSSR count). The van der Waals surface area contributed by atoms with Crippen LogP contribution in [0.4, 0.5) is 0 Å². The van der Waals surface area contributed by atoms with Crippen molar-refractivity contribution in [3.05, 3.63) is 121 Å². The lowest BCUT2D eigenvalue weighted by Gasteiger charge is -2.16. The van der Waals surface area contributed by atoms with E-state index in [1.54, 1.807) is 0 Å². The number of fused-ring (bicyclic) bond motifs is 3. The summed E-state index contributed by atoms with van der Waals surface area (Å²) in [6, 6.07) is 44.7. The molecule has 0 saturated heterocycles. The second-order valence-corrected chi connectivity index (χ2v) is 10.3. The van der Waals surface area contributed by atoms with Crippen LogP contribution in [-0.4, -0.2) is 0 Å². The van der Waals surface area contributed by atoms with Crippen LogP contribution in [0.3, 0.4) is 0 Å². The Kier molecular flexibility index (Phi) is 3.91. The van der Waals surface area contributed by atoms with Crippen molar-refractivity contribution in [2.24, 2.45) is 0 Å². The van der Waals surface area contributed by atoms with E-state index in [-0.39, 0.29) is 0 Å². The van der Waals surface area contributed by atoms with Crippen LogP contribution < -0.4 is 0 Å². The van der Waals surface area contributed by atoms with Crippen molar-refractivity contribution in [1.82, 2.24) is 0 Å². The van der Waals surface area contributed by atoms with E-state index >= 15 is 0 Å². The highest BCUT2D eigenvalue weighted by atomic mass is 32.1. The Morgan fingerprint density at radius 2 is 1.00 bits per heavy atom. The predicted octanol–water partition coefficient (Wildman–Crippen LogP) is 10.3. The van der Waals surface area contributed by atoms with Crippen LogP contribution in [0.2, 0.25) is 0 Å². The lowest BCUT2D eigenvalue weighted by Crippen LogP contribution is -1.89. The number of benzene rings is 7. The molecule has 0 unspecified atom stereocenters. The third-order valence-electron chi connectivity index (χ3n) is 7.44. The molecular formula is C34H20S. The third-order valence-corrected chi connectivity index (χ3v) is 8.66. The second kappa shape index (κ2) is 7.15. The van der Waals surface area contributed by atoms with Gasteiger partial charge in [0.25, 0.3) is 0 Å². The Hall–Kier alpha value is -4.20. The topological polar surface area (TPSA) is 0 Å². The molecular weight excluding hydrogens is 440 g/mol. The average molecular weight is 461 g/mol. The van der Waals surface area contributed by atoms with E-state index in [0.29, 0.717) is 0 Å². The first-order valence-electron chi connectivity index (χ1n) is 12.0. The van der Waals surface area contributed by atoms with Crippen LogP contribution in [0.25, 0.3) is 74.7 Å². The van der Waals surface area contributed by atoms with Crippen LogP contribution in [0.5, 0.6) is 0 Å². The molecule has 35 heavy (non-hydrogen) atoms. The standard InChI is InChI=1S/C34H20S/c1-2-7-21(8-3-1)24-17-13-22-16-20-28-25(18-14-23-15-19-27(24)32(22)33(23)28)29-10-6-11-30-26-9-4-5-12-31(26)35-34(29)30/h1-20H. The number of thiophene rings is 1. The van der Waals surface area contributed by atoms with Gasteiger partial charge in [0.05, 0.1) is 0 Å². The smallest absolute Gasteiger partial charge is 0.0434 e. The molecule has 0 bridgehead atoms. The zero-order valence-corrected chi connectivity index (χ0v) is 19.8. The maximum absolute atomic E-state index is 2.33. The molecule has 0 N–H and O–H groups in total. The summed E-state index contributed by atoms with van der Waals surface area (Å²) in [5, 5.41) is 10.7. The van der Waals surface area contributed by atoms with Gasteiger partial charge in [0.1, 0.15) is 0 Å². The van der Waals surface area contributed by atoms with Gasteiger partial charge in [-0.25, -0.2) is 0 Å². The fraction of sp³-hybridized carbons (Fsp3) is 0. The summed E-state index contributed by atoms with van der Waals surface area (Å²) in [6.07, 6.45) is 0. The molecule has 0 fully saturated rings. The molecule has 0 amide bonds. The third kappa shape index (κ3) is 2.67. The minimum Gasteiger partial charge on any atom is -0.135 e. The van der Waals surface area contributed by atoms with Crippen molar-refractivity contribution in [3.8, 4) is 22.3 Å². The molecule has 0 spiro atoms. The summed E-state index contributed by atoms with van der Waals surface area (Å²) in [7, 11) is 0. The molecule has 0 aliphatic heterocycles. The van der Waals surface area contributed by atoms with Crippen molar-refractivity contribution >= 4 is 63.8 Å². The van der Waals surface area contributed by atoms with E-state index in [1.807, 2.05) is 11.3 Å². The van der Waals surface area contributed by atoms with Crippen molar-refractivity contribution in [1.29, 1.82) is 0 Å². The number of hydrogen-bond donors (Lipinski definition) is 0. The van der Waals surface area contributed by atoms with Gasteiger partial charge in [-0.2, -0.15) is 0 Å². The minimum absolute atomic E-state index is 1.26. The van der Waals surface area contributed by atoms with Crippen LogP contribution in [0, 0.1) is 0 Å².